The maximum absolute atomic E-state index is 4.88. The van der Waals surface area contributed by atoms with Crippen LogP contribution in [0.4, 0.5) is 11.5 Å². The van der Waals surface area contributed by atoms with Crippen LogP contribution in [0.5, 0.6) is 0 Å². The van der Waals surface area contributed by atoms with Gasteiger partial charge in [-0.05, 0) is 28.6 Å². The molecule has 1 aromatic heterocycles. The van der Waals surface area contributed by atoms with Gasteiger partial charge < -0.3 is 4.90 Å². The van der Waals surface area contributed by atoms with Crippen molar-refractivity contribution in [3.05, 3.63) is 66.4 Å². The summed E-state index contributed by atoms with van der Waals surface area (Å²) in [4.78, 5) is 7.06. The molecule has 0 radical (unpaired) electrons. The van der Waals surface area contributed by atoms with E-state index in [4.69, 9.17) is 4.99 Å². The minimum atomic E-state index is 0.948. The van der Waals surface area contributed by atoms with Gasteiger partial charge in [-0.3, -0.25) is 0 Å². The summed E-state index contributed by atoms with van der Waals surface area (Å²) >= 11 is 0. The largest absolute Gasteiger partial charge is 0.325 e. The molecule has 3 heteroatoms. The summed E-state index contributed by atoms with van der Waals surface area (Å²) in [5.41, 5.74) is 2.43. The summed E-state index contributed by atoms with van der Waals surface area (Å²) < 4.78 is 2.03. The van der Waals surface area contributed by atoms with Gasteiger partial charge in [-0.1, -0.05) is 30.3 Å². The molecule has 0 amide bonds. The van der Waals surface area contributed by atoms with E-state index in [0.717, 1.165) is 11.7 Å². The van der Waals surface area contributed by atoms with Crippen LogP contribution in [0.2, 0.25) is 0 Å². The Balaban J connectivity index is 1.98. The fraction of sp³-hybridized carbons (Fsp3) is 0.111. The lowest BCUT2D eigenvalue weighted by Crippen LogP contribution is -2.29. The first-order valence-corrected chi connectivity index (χ1v) is 7.05. The molecule has 0 aliphatic carbocycles. The van der Waals surface area contributed by atoms with Crippen LogP contribution in [0.15, 0.2) is 65.8 Å². The maximum Gasteiger partial charge on any atom is 0.325 e. The predicted octanol–water partition coefficient (Wildman–Crippen LogP) is 3.19. The number of rotatable bonds is 1. The molecule has 3 nitrogen and oxygen atoms in total. The molecule has 21 heavy (non-hydrogen) atoms. The van der Waals surface area contributed by atoms with Gasteiger partial charge in [0, 0.05) is 18.5 Å². The molecule has 2 aromatic carbocycles. The Hall–Kier alpha value is -2.68. The fourth-order valence-electron chi connectivity index (χ4n) is 2.96. The van der Waals surface area contributed by atoms with Crippen molar-refractivity contribution in [2.24, 2.45) is 12.0 Å². The van der Waals surface area contributed by atoms with E-state index in [0.29, 0.717) is 0 Å². The van der Waals surface area contributed by atoms with E-state index in [-0.39, 0.29) is 0 Å². The molecular formula is C18H16N3+. The van der Waals surface area contributed by atoms with Crippen LogP contribution in [-0.4, -0.2) is 12.9 Å². The number of aryl methyl sites for hydroxylation is 1. The number of nitrogens with zero attached hydrogens (tertiary/aromatic N) is 3. The zero-order chi connectivity index (χ0) is 14.4. The Morgan fingerprint density at radius 3 is 2.57 bits per heavy atom. The van der Waals surface area contributed by atoms with Gasteiger partial charge in [0.25, 0.3) is 5.84 Å². The molecule has 1 aliphatic rings. The highest BCUT2D eigenvalue weighted by molar-refractivity contribution is 6.27. The third-order valence-electron chi connectivity index (χ3n) is 4.05. The van der Waals surface area contributed by atoms with Crippen LogP contribution in [0.1, 0.15) is 5.56 Å². The zero-order valence-corrected chi connectivity index (χ0v) is 12.1. The van der Waals surface area contributed by atoms with Crippen LogP contribution in [0, 0.1) is 0 Å². The summed E-state index contributed by atoms with van der Waals surface area (Å²) in [5, 5.41) is 2.55. The Morgan fingerprint density at radius 2 is 1.76 bits per heavy atom. The van der Waals surface area contributed by atoms with Crippen molar-refractivity contribution in [3.8, 4) is 0 Å². The molecule has 0 saturated carbocycles. The number of hydrogen-bond donors (Lipinski definition) is 0. The zero-order valence-electron chi connectivity index (χ0n) is 12.1. The molecule has 2 heterocycles. The number of pyridine rings is 1. The monoisotopic (exact) mass is 274 g/mol. The number of aromatic nitrogens is 1. The molecule has 1 aliphatic heterocycles. The Bertz CT molecular complexity index is 875. The van der Waals surface area contributed by atoms with E-state index in [1.165, 1.54) is 22.0 Å². The van der Waals surface area contributed by atoms with Gasteiger partial charge in [-0.15, -0.1) is 0 Å². The van der Waals surface area contributed by atoms with Crippen molar-refractivity contribution < 1.29 is 4.57 Å². The van der Waals surface area contributed by atoms with Crippen molar-refractivity contribution in [2.75, 3.05) is 11.9 Å². The third kappa shape index (κ3) is 1.74. The quantitative estimate of drug-likeness (QED) is 0.624. The second-order valence-corrected chi connectivity index (χ2v) is 5.34. The lowest BCUT2D eigenvalue weighted by molar-refractivity contribution is -0.658. The topological polar surface area (TPSA) is 19.5 Å². The summed E-state index contributed by atoms with van der Waals surface area (Å²) in [6.45, 7) is 0. The molecule has 0 saturated heterocycles. The minimum absolute atomic E-state index is 0.948. The SMILES string of the molecule is CN1/C(=N\c2cccc[n+]2C)c2cccc3cccc1c23. The van der Waals surface area contributed by atoms with E-state index in [2.05, 4.69) is 48.3 Å². The van der Waals surface area contributed by atoms with Crippen molar-refractivity contribution in [3.63, 3.8) is 0 Å². The Kier molecular flexibility index (Phi) is 2.54. The van der Waals surface area contributed by atoms with Gasteiger partial charge in [-0.25, -0.2) is 4.57 Å². The van der Waals surface area contributed by atoms with Crippen LogP contribution in [-0.2, 0) is 7.05 Å². The normalized spacial score (nSPS) is 15.1. The van der Waals surface area contributed by atoms with Crippen LogP contribution in [0.3, 0.4) is 0 Å². The van der Waals surface area contributed by atoms with E-state index < -0.39 is 0 Å². The molecule has 0 atom stereocenters. The standard InChI is InChI=1S/C18H16N3/c1-20-12-4-3-11-16(20)19-18-14-9-5-7-13-8-6-10-15(17(13)14)21(18)2/h3-12H,1-2H3/q+1. The second-order valence-electron chi connectivity index (χ2n) is 5.34. The van der Waals surface area contributed by atoms with Crippen molar-refractivity contribution in [2.45, 2.75) is 0 Å². The average molecular weight is 274 g/mol. The first-order chi connectivity index (χ1) is 10.3. The number of benzene rings is 2. The number of hydrogen-bond acceptors (Lipinski definition) is 1. The maximum atomic E-state index is 4.88. The Morgan fingerprint density at radius 1 is 0.952 bits per heavy atom. The van der Waals surface area contributed by atoms with E-state index in [9.17, 15) is 0 Å². The van der Waals surface area contributed by atoms with Crippen molar-refractivity contribution >= 4 is 28.1 Å². The Labute approximate surface area is 123 Å². The van der Waals surface area contributed by atoms with E-state index in [1.807, 2.05) is 36.0 Å². The highest BCUT2D eigenvalue weighted by atomic mass is 15.2. The van der Waals surface area contributed by atoms with Gasteiger partial charge in [-0.2, -0.15) is 0 Å². The molecule has 0 fully saturated rings. The fourth-order valence-corrected chi connectivity index (χ4v) is 2.96. The van der Waals surface area contributed by atoms with E-state index in [1.54, 1.807) is 0 Å². The first kappa shape index (κ1) is 12.1. The smallest absolute Gasteiger partial charge is 0.308 e. The molecular weight excluding hydrogens is 258 g/mol. The highest BCUT2D eigenvalue weighted by Gasteiger charge is 2.29. The second kappa shape index (κ2) is 4.42. The van der Waals surface area contributed by atoms with E-state index >= 15 is 0 Å². The molecule has 0 unspecified atom stereocenters. The average Bonchev–Trinajstić information content (AvgIpc) is 2.78. The first-order valence-electron chi connectivity index (χ1n) is 7.05. The van der Waals surface area contributed by atoms with Crippen molar-refractivity contribution in [1.29, 1.82) is 0 Å². The third-order valence-corrected chi connectivity index (χ3v) is 4.05. The molecule has 0 N–H and O–H groups in total. The summed E-state index contributed by atoms with van der Waals surface area (Å²) in [5.74, 6) is 1.95. The van der Waals surface area contributed by atoms with Crippen LogP contribution in [0.25, 0.3) is 10.8 Å². The summed E-state index contributed by atoms with van der Waals surface area (Å²) in [7, 11) is 4.10. The minimum Gasteiger partial charge on any atom is -0.308 e. The van der Waals surface area contributed by atoms with Crippen LogP contribution >= 0.6 is 0 Å². The number of amidine groups is 1. The van der Waals surface area contributed by atoms with Gasteiger partial charge in [0.15, 0.2) is 0 Å². The number of aliphatic imine (C=N–C) groups is 1. The van der Waals surface area contributed by atoms with Gasteiger partial charge in [0.05, 0.1) is 24.5 Å². The molecule has 0 spiro atoms. The number of anilines is 1. The van der Waals surface area contributed by atoms with Crippen molar-refractivity contribution in [1.82, 2.24) is 0 Å². The predicted molar refractivity (Wildman–Crippen MR) is 86.2 cm³/mol. The molecule has 102 valence electrons. The van der Waals surface area contributed by atoms with Crippen LogP contribution < -0.4 is 9.47 Å². The van der Waals surface area contributed by atoms with Gasteiger partial charge in [0.2, 0.25) is 0 Å². The lowest BCUT2D eigenvalue weighted by Gasteiger charge is -2.10. The summed E-state index contributed by atoms with van der Waals surface area (Å²) in [6, 6.07) is 18.9. The molecule has 4 rings (SSSR count). The van der Waals surface area contributed by atoms with Gasteiger partial charge in [0.1, 0.15) is 0 Å². The molecule has 3 aromatic rings. The summed E-state index contributed by atoms with van der Waals surface area (Å²) in [6.07, 6.45) is 2.02. The lowest BCUT2D eigenvalue weighted by atomic mass is 10.1. The van der Waals surface area contributed by atoms with Gasteiger partial charge >= 0.3 is 5.82 Å². The highest BCUT2D eigenvalue weighted by Crippen LogP contribution is 2.37. The molecule has 0 bridgehead atoms.